The zero-order chi connectivity index (χ0) is 31.2. The molecule has 7 nitrogen and oxygen atoms in total. The highest BCUT2D eigenvalue weighted by Gasteiger charge is 2.70. The van der Waals surface area contributed by atoms with Crippen molar-refractivity contribution in [1.82, 2.24) is 0 Å². The van der Waals surface area contributed by atoms with Crippen molar-refractivity contribution in [1.29, 1.82) is 0 Å². The topological polar surface area (TPSA) is 91.3 Å². The molecule has 4 aliphatic carbocycles. The highest BCUT2D eigenvalue weighted by Crippen LogP contribution is 2.70. The molecule has 7 unspecified atom stereocenters. The molecule has 0 aromatic heterocycles. The summed E-state index contributed by atoms with van der Waals surface area (Å²) in [5.74, 6) is -0.363. The third-order valence-corrected chi connectivity index (χ3v) is 19.1. The van der Waals surface area contributed by atoms with Gasteiger partial charge < -0.3 is 19.0 Å². The number of hydrogen-bond donors (Lipinski definition) is 1. The van der Waals surface area contributed by atoms with Crippen molar-refractivity contribution in [2.24, 2.45) is 34.5 Å². The Morgan fingerprint density at radius 2 is 1.56 bits per heavy atom. The number of aliphatic hydroxyl groups is 1. The predicted molar refractivity (Wildman–Crippen MR) is 168 cm³/mol. The molecule has 1 aromatic rings. The standard InChI is InChI=1S/C34H54O7SSi/c1-22-9-11-24(12-10-22)42(36,37)40-30-27-21-23(41-43(7,8)31(2,3)4)13-16-32(27,5)25-14-17-33(6)26(28(25)29(30)35)15-18-34(33)38-19-20-39-34/h9-12,23,25-30,35H,13-21H2,1-8H3/t23?,25?,26?,27?,28?,29?,30?,32-,33+/m1/s1. The molecule has 6 rings (SSSR count). The normalized spacial score (nSPS) is 41.1. The summed E-state index contributed by atoms with van der Waals surface area (Å²) in [6.07, 6.45) is 4.57. The minimum atomic E-state index is -4.10. The highest BCUT2D eigenvalue weighted by atomic mass is 32.2. The Bertz CT molecular complexity index is 1300. The molecule has 43 heavy (non-hydrogen) atoms. The van der Waals surface area contributed by atoms with Crippen LogP contribution in [-0.4, -0.2) is 59.2 Å². The number of fused-ring (bicyclic) bond motifs is 6. The number of ether oxygens (including phenoxy) is 2. The van der Waals surface area contributed by atoms with E-state index < -0.39 is 36.4 Å². The van der Waals surface area contributed by atoms with Gasteiger partial charge in [0.1, 0.15) is 6.10 Å². The summed E-state index contributed by atoms with van der Waals surface area (Å²) in [6, 6.07) is 6.81. The van der Waals surface area contributed by atoms with Gasteiger partial charge in [-0.25, -0.2) is 0 Å². The first-order valence-electron chi connectivity index (χ1n) is 16.6. The quantitative estimate of drug-likeness (QED) is 0.281. The van der Waals surface area contributed by atoms with Crippen molar-refractivity contribution in [2.75, 3.05) is 13.2 Å². The third-order valence-electron chi connectivity index (χ3n) is 13.3. The molecule has 1 N–H and O–H groups in total. The number of aryl methyl sites for hydroxylation is 1. The molecule has 9 atom stereocenters. The lowest BCUT2D eigenvalue weighted by atomic mass is 9.43. The second-order valence-corrected chi connectivity index (χ2v) is 22.8. The molecular weight excluding hydrogens is 581 g/mol. The van der Waals surface area contributed by atoms with E-state index in [1.807, 2.05) is 6.92 Å². The molecule has 1 aromatic carbocycles. The highest BCUT2D eigenvalue weighted by molar-refractivity contribution is 7.86. The minimum absolute atomic E-state index is 0.0276. The minimum Gasteiger partial charge on any atom is -0.414 e. The zero-order valence-electron chi connectivity index (χ0n) is 27.5. The van der Waals surface area contributed by atoms with Crippen LogP contribution < -0.4 is 0 Å². The maximum Gasteiger partial charge on any atom is 0.297 e. The maximum atomic E-state index is 13.8. The van der Waals surface area contributed by atoms with Crippen LogP contribution in [0, 0.1) is 41.4 Å². The number of benzene rings is 1. The molecule has 0 radical (unpaired) electrons. The van der Waals surface area contributed by atoms with Gasteiger partial charge in [0.15, 0.2) is 14.1 Å². The smallest absolute Gasteiger partial charge is 0.297 e. The molecule has 9 heteroatoms. The summed E-state index contributed by atoms with van der Waals surface area (Å²) < 4.78 is 53.6. The van der Waals surface area contributed by atoms with Gasteiger partial charge in [-0.1, -0.05) is 52.3 Å². The van der Waals surface area contributed by atoms with E-state index in [1.54, 1.807) is 24.3 Å². The van der Waals surface area contributed by atoms with E-state index in [0.717, 1.165) is 44.1 Å². The molecule has 242 valence electrons. The Morgan fingerprint density at radius 1 is 0.930 bits per heavy atom. The molecule has 4 saturated carbocycles. The zero-order valence-corrected chi connectivity index (χ0v) is 29.3. The van der Waals surface area contributed by atoms with Gasteiger partial charge in [-0.2, -0.15) is 8.42 Å². The van der Waals surface area contributed by atoms with Gasteiger partial charge in [0.05, 0.1) is 24.2 Å². The second kappa shape index (κ2) is 10.6. The van der Waals surface area contributed by atoms with Gasteiger partial charge >= 0.3 is 0 Å². The molecule has 1 saturated heterocycles. The molecule has 1 aliphatic heterocycles. The van der Waals surface area contributed by atoms with Gasteiger partial charge in [-0.3, -0.25) is 4.18 Å². The summed E-state index contributed by atoms with van der Waals surface area (Å²) in [5.41, 5.74) is 0.592. The van der Waals surface area contributed by atoms with Gasteiger partial charge in [-0.15, -0.1) is 0 Å². The summed E-state index contributed by atoms with van der Waals surface area (Å²) in [6.45, 7) is 19.1. The molecular formula is C34H54O7SSi. The van der Waals surface area contributed by atoms with Crippen LogP contribution in [0.2, 0.25) is 18.1 Å². The van der Waals surface area contributed by atoms with E-state index in [0.29, 0.717) is 19.6 Å². The van der Waals surface area contributed by atoms with E-state index >= 15 is 0 Å². The lowest BCUT2D eigenvalue weighted by molar-refractivity contribution is -0.266. The Kier molecular flexibility index (Phi) is 7.93. The Labute approximate surface area is 260 Å². The fraction of sp³-hybridized carbons (Fsp3) is 0.824. The van der Waals surface area contributed by atoms with Crippen molar-refractivity contribution in [3.63, 3.8) is 0 Å². The van der Waals surface area contributed by atoms with Crippen molar-refractivity contribution >= 4 is 18.4 Å². The Morgan fingerprint density at radius 3 is 2.19 bits per heavy atom. The molecule has 5 aliphatic rings. The van der Waals surface area contributed by atoms with Gasteiger partial charge in [-0.05, 0) is 105 Å². The second-order valence-electron chi connectivity index (χ2n) is 16.4. The molecule has 1 heterocycles. The number of hydrogen-bond acceptors (Lipinski definition) is 7. The summed E-state index contributed by atoms with van der Waals surface area (Å²) >= 11 is 0. The molecule has 5 fully saturated rings. The third kappa shape index (κ3) is 5.03. The van der Waals surface area contributed by atoms with Crippen LogP contribution in [0.5, 0.6) is 0 Å². The molecule has 0 amide bonds. The molecule has 1 spiro atoms. The van der Waals surface area contributed by atoms with Crippen LogP contribution in [0.25, 0.3) is 0 Å². The van der Waals surface area contributed by atoms with Gasteiger partial charge in [0.2, 0.25) is 0 Å². The summed E-state index contributed by atoms with van der Waals surface area (Å²) in [5, 5.41) is 12.5. The van der Waals surface area contributed by atoms with Crippen molar-refractivity contribution < 1.29 is 31.6 Å². The van der Waals surface area contributed by atoms with Crippen molar-refractivity contribution in [3.05, 3.63) is 29.8 Å². The lowest BCUT2D eigenvalue weighted by Crippen LogP contribution is -2.66. The maximum absolute atomic E-state index is 13.8. The lowest BCUT2D eigenvalue weighted by Gasteiger charge is -2.64. The van der Waals surface area contributed by atoms with Crippen LogP contribution >= 0.6 is 0 Å². The molecule has 0 bridgehead atoms. The van der Waals surface area contributed by atoms with E-state index in [1.165, 1.54) is 0 Å². The largest absolute Gasteiger partial charge is 0.414 e. The van der Waals surface area contributed by atoms with Gasteiger partial charge in [0, 0.05) is 17.9 Å². The Hall–Kier alpha value is -0.813. The van der Waals surface area contributed by atoms with Crippen molar-refractivity contribution in [3.8, 4) is 0 Å². The van der Waals surface area contributed by atoms with Crippen LogP contribution in [-0.2, 0) is 28.2 Å². The predicted octanol–water partition coefficient (Wildman–Crippen LogP) is 6.83. The number of aliphatic hydroxyl groups excluding tert-OH is 1. The van der Waals surface area contributed by atoms with Crippen LogP contribution in [0.3, 0.4) is 0 Å². The first-order valence-corrected chi connectivity index (χ1v) is 20.9. The SMILES string of the molecule is Cc1ccc(S(=O)(=O)OC2C(O)C3C(CC[C@@]4(C)C3CCC43OCCO3)[C@@]3(C)CCC(O[Si](C)(C)C(C)(C)C)CC23)cc1. The fourth-order valence-corrected chi connectivity index (χ4v) is 12.3. The average molecular weight is 635 g/mol. The fourth-order valence-electron chi connectivity index (χ4n) is 9.81. The first-order chi connectivity index (χ1) is 19.9. The Balaban J connectivity index is 1.37. The van der Waals surface area contributed by atoms with Crippen LogP contribution in [0.15, 0.2) is 29.2 Å². The van der Waals surface area contributed by atoms with Gasteiger partial charge in [0.25, 0.3) is 10.1 Å². The van der Waals surface area contributed by atoms with E-state index in [4.69, 9.17) is 18.1 Å². The summed E-state index contributed by atoms with van der Waals surface area (Å²) in [4.78, 5) is 0.139. The van der Waals surface area contributed by atoms with Crippen LogP contribution in [0.1, 0.15) is 85.1 Å². The first kappa shape index (κ1) is 32.1. The average Bonchev–Trinajstić information content (AvgIpc) is 3.52. The monoisotopic (exact) mass is 634 g/mol. The van der Waals surface area contributed by atoms with E-state index in [9.17, 15) is 13.5 Å². The van der Waals surface area contributed by atoms with Crippen LogP contribution in [0.4, 0.5) is 0 Å². The van der Waals surface area contributed by atoms with Crippen molar-refractivity contribution in [2.45, 2.75) is 134 Å². The number of rotatable bonds is 5. The van der Waals surface area contributed by atoms with E-state index in [2.05, 4.69) is 47.7 Å². The van der Waals surface area contributed by atoms with E-state index in [-0.39, 0.29) is 50.5 Å². The summed E-state index contributed by atoms with van der Waals surface area (Å²) in [7, 11) is -6.15.